The normalized spacial score (nSPS) is 12.1. The lowest BCUT2D eigenvalue weighted by Gasteiger charge is -2.17. The Morgan fingerprint density at radius 3 is 1.94 bits per heavy atom. The molecule has 0 saturated carbocycles. The SMILES string of the molecule is COc1cc(OC)c(CC(C)CN)c(OC)c1. The quantitative estimate of drug-likeness (QED) is 0.823. The highest BCUT2D eigenvalue weighted by Gasteiger charge is 2.15. The van der Waals surface area contributed by atoms with Gasteiger partial charge < -0.3 is 19.9 Å². The molecular formula is C13H21NO3. The largest absolute Gasteiger partial charge is 0.496 e. The molecule has 96 valence electrons. The molecule has 1 rings (SSSR count). The van der Waals surface area contributed by atoms with E-state index in [1.807, 2.05) is 12.1 Å². The van der Waals surface area contributed by atoms with Crippen LogP contribution in [0.15, 0.2) is 12.1 Å². The molecule has 0 radical (unpaired) electrons. The molecule has 17 heavy (non-hydrogen) atoms. The second-order valence-electron chi connectivity index (χ2n) is 4.06. The van der Waals surface area contributed by atoms with Crippen molar-refractivity contribution in [2.24, 2.45) is 11.7 Å². The summed E-state index contributed by atoms with van der Waals surface area (Å²) in [6, 6.07) is 3.72. The van der Waals surface area contributed by atoms with Crippen LogP contribution >= 0.6 is 0 Å². The zero-order valence-corrected chi connectivity index (χ0v) is 10.9. The summed E-state index contributed by atoms with van der Waals surface area (Å²) in [6.45, 7) is 2.74. The Kier molecular flexibility index (Phi) is 5.10. The van der Waals surface area contributed by atoms with Gasteiger partial charge in [-0.1, -0.05) is 6.92 Å². The van der Waals surface area contributed by atoms with Crippen molar-refractivity contribution >= 4 is 0 Å². The minimum atomic E-state index is 0.381. The molecule has 0 amide bonds. The van der Waals surface area contributed by atoms with E-state index < -0.39 is 0 Å². The molecule has 2 N–H and O–H groups in total. The fourth-order valence-electron chi connectivity index (χ4n) is 1.71. The van der Waals surface area contributed by atoms with Crippen molar-refractivity contribution in [3.63, 3.8) is 0 Å². The van der Waals surface area contributed by atoms with Crippen LogP contribution in [-0.4, -0.2) is 27.9 Å². The van der Waals surface area contributed by atoms with E-state index in [-0.39, 0.29) is 0 Å². The first-order chi connectivity index (χ1) is 8.15. The van der Waals surface area contributed by atoms with Crippen LogP contribution in [0.2, 0.25) is 0 Å². The van der Waals surface area contributed by atoms with Crippen molar-refractivity contribution in [3.05, 3.63) is 17.7 Å². The Balaban J connectivity index is 3.15. The van der Waals surface area contributed by atoms with Crippen molar-refractivity contribution in [3.8, 4) is 17.2 Å². The standard InChI is InChI=1S/C13H21NO3/c1-9(8-14)5-11-12(16-3)6-10(15-2)7-13(11)17-4/h6-7,9H,5,8,14H2,1-4H3. The van der Waals surface area contributed by atoms with Crippen LogP contribution in [0.1, 0.15) is 12.5 Å². The number of ether oxygens (including phenoxy) is 3. The third kappa shape index (κ3) is 3.27. The highest BCUT2D eigenvalue weighted by atomic mass is 16.5. The van der Waals surface area contributed by atoms with E-state index in [1.165, 1.54) is 0 Å². The Hall–Kier alpha value is -1.42. The van der Waals surface area contributed by atoms with Gasteiger partial charge in [0.2, 0.25) is 0 Å². The Bertz CT molecular complexity index is 341. The number of nitrogens with two attached hydrogens (primary N) is 1. The molecule has 1 aromatic rings. The first-order valence-electron chi connectivity index (χ1n) is 5.65. The monoisotopic (exact) mass is 239 g/mol. The molecule has 0 heterocycles. The van der Waals surface area contributed by atoms with E-state index in [9.17, 15) is 0 Å². The average molecular weight is 239 g/mol. The maximum absolute atomic E-state index is 5.65. The predicted molar refractivity (Wildman–Crippen MR) is 68.0 cm³/mol. The van der Waals surface area contributed by atoms with Crippen molar-refractivity contribution in [1.82, 2.24) is 0 Å². The van der Waals surface area contributed by atoms with E-state index in [2.05, 4.69) is 6.92 Å². The first-order valence-corrected chi connectivity index (χ1v) is 5.65. The van der Waals surface area contributed by atoms with Crippen LogP contribution < -0.4 is 19.9 Å². The van der Waals surface area contributed by atoms with Crippen LogP contribution in [0.5, 0.6) is 17.2 Å². The Morgan fingerprint density at radius 2 is 1.59 bits per heavy atom. The summed E-state index contributed by atoms with van der Waals surface area (Å²) in [6.07, 6.45) is 0.826. The molecule has 0 fully saturated rings. The lowest BCUT2D eigenvalue weighted by Crippen LogP contribution is -2.14. The second kappa shape index (κ2) is 6.35. The number of hydrogen-bond donors (Lipinski definition) is 1. The lowest BCUT2D eigenvalue weighted by molar-refractivity contribution is 0.365. The van der Waals surface area contributed by atoms with E-state index in [0.29, 0.717) is 12.5 Å². The zero-order chi connectivity index (χ0) is 12.8. The Labute approximate surface area is 103 Å². The van der Waals surface area contributed by atoms with Crippen molar-refractivity contribution < 1.29 is 14.2 Å². The number of rotatable bonds is 6. The van der Waals surface area contributed by atoms with E-state index >= 15 is 0 Å². The zero-order valence-electron chi connectivity index (χ0n) is 10.9. The molecule has 0 aromatic heterocycles. The molecule has 0 aliphatic carbocycles. The number of benzene rings is 1. The van der Waals surface area contributed by atoms with Gasteiger partial charge in [-0.15, -0.1) is 0 Å². The summed E-state index contributed by atoms with van der Waals surface area (Å²) < 4.78 is 16.0. The summed E-state index contributed by atoms with van der Waals surface area (Å²) in [5.74, 6) is 2.66. The van der Waals surface area contributed by atoms with Crippen molar-refractivity contribution in [2.75, 3.05) is 27.9 Å². The predicted octanol–water partition coefficient (Wildman–Crippen LogP) is 1.85. The molecule has 4 nitrogen and oxygen atoms in total. The molecule has 1 unspecified atom stereocenters. The number of methoxy groups -OCH3 is 3. The van der Waals surface area contributed by atoms with Gasteiger partial charge >= 0.3 is 0 Å². The molecule has 1 aromatic carbocycles. The summed E-state index contributed by atoms with van der Waals surface area (Å²) >= 11 is 0. The highest BCUT2D eigenvalue weighted by molar-refractivity contribution is 5.50. The molecule has 0 saturated heterocycles. The molecular weight excluding hydrogens is 218 g/mol. The lowest BCUT2D eigenvalue weighted by atomic mass is 9.99. The molecule has 0 spiro atoms. The fourth-order valence-corrected chi connectivity index (χ4v) is 1.71. The number of hydrogen-bond acceptors (Lipinski definition) is 4. The van der Waals surface area contributed by atoms with Crippen LogP contribution in [0, 0.1) is 5.92 Å². The van der Waals surface area contributed by atoms with Crippen molar-refractivity contribution in [1.29, 1.82) is 0 Å². The van der Waals surface area contributed by atoms with Gasteiger partial charge in [0.1, 0.15) is 17.2 Å². The summed E-state index contributed by atoms with van der Waals surface area (Å²) in [4.78, 5) is 0. The van der Waals surface area contributed by atoms with Gasteiger partial charge in [-0.05, 0) is 18.9 Å². The maximum atomic E-state index is 5.65. The maximum Gasteiger partial charge on any atom is 0.129 e. The van der Waals surface area contributed by atoms with Crippen LogP contribution in [0.3, 0.4) is 0 Å². The van der Waals surface area contributed by atoms with E-state index in [0.717, 1.165) is 29.2 Å². The van der Waals surface area contributed by atoms with E-state index in [1.54, 1.807) is 21.3 Å². The van der Waals surface area contributed by atoms with Gasteiger partial charge in [0.15, 0.2) is 0 Å². The minimum absolute atomic E-state index is 0.381. The second-order valence-corrected chi connectivity index (χ2v) is 4.06. The fraction of sp³-hybridized carbons (Fsp3) is 0.538. The molecule has 0 bridgehead atoms. The topological polar surface area (TPSA) is 53.7 Å². The van der Waals surface area contributed by atoms with Gasteiger partial charge in [0.05, 0.1) is 21.3 Å². The van der Waals surface area contributed by atoms with Gasteiger partial charge in [0.25, 0.3) is 0 Å². The molecule has 4 heteroatoms. The Morgan fingerprint density at radius 1 is 1.06 bits per heavy atom. The summed E-state index contributed by atoms with van der Waals surface area (Å²) in [7, 11) is 4.91. The summed E-state index contributed by atoms with van der Waals surface area (Å²) in [5.41, 5.74) is 6.69. The molecule has 1 atom stereocenters. The minimum Gasteiger partial charge on any atom is -0.496 e. The highest BCUT2D eigenvalue weighted by Crippen LogP contribution is 2.35. The summed E-state index contributed by atoms with van der Waals surface area (Å²) in [5, 5.41) is 0. The van der Waals surface area contributed by atoms with Gasteiger partial charge in [-0.2, -0.15) is 0 Å². The average Bonchev–Trinajstić information content (AvgIpc) is 2.38. The van der Waals surface area contributed by atoms with Crippen molar-refractivity contribution in [2.45, 2.75) is 13.3 Å². The molecule has 0 aliphatic heterocycles. The first kappa shape index (κ1) is 13.6. The van der Waals surface area contributed by atoms with E-state index in [4.69, 9.17) is 19.9 Å². The third-order valence-corrected chi connectivity index (χ3v) is 2.77. The van der Waals surface area contributed by atoms with Gasteiger partial charge in [-0.3, -0.25) is 0 Å². The van der Waals surface area contributed by atoms with Gasteiger partial charge in [-0.25, -0.2) is 0 Å². The van der Waals surface area contributed by atoms with Crippen LogP contribution in [-0.2, 0) is 6.42 Å². The third-order valence-electron chi connectivity index (χ3n) is 2.77. The van der Waals surface area contributed by atoms with Gasteiger partial charge in [0, 0.05) is 17.7 Å². The van der Waals surface area contributed by atoms with Crippen LogP contribution in [0.4, 0.5) is 0 Å². The smallest absolute Gasteiger partial charge is 0.129 e. The molecule has 0 aliphatic rings. The van der Waals surface area contributed by atoms with Crippen LogP contribution in [0.25, 0.3) is 0 Å².